The number of carbonyl (C=O) groups is 1. The molecule has 0 saturated heterocycles. The molecule has 7 heteroatoms. The molecule has 2 heterocycles. The molecular formula is C20H19N5OS. The number of benzene rings is 1. The number of fused-ring (bicyclic) bond motifs is 1. The molecule has 27 heavy (non-hydrogen) atoms. The average Bonchev–Trinajstić information content (AvgIpc) is 3.22. The zero-order valence-corrected chi connectivity index (χ0v) is 16.1. The number of nitriles is 1. The van der Waals surface area contributed by atoms with Gasteiger partial charge in [-0.05, 0) is 57.2 Å². The number of hydrogen-bond donors (Lipinski definition) is 1. The molecule has 136 valence electrons. The van der Waals surface area contributed by atoms with Crippen LogP contribution in [0.2, 0.25) is 0 Å². The molecule has 0 fully saturated rings. The number of thiophene rings is 1. The Morgan fingerprint density at radius 2 is 1.96 bits per heavy atom. The summed E-state index contributed by atoms with van der Waals surface area (Å²) in [4.78, 5) is 14.0. The van der Waals surface area contributed by atoms with Crippen LogP contribution in [0.3, 0.4) is 0 Å². The Morgan fingerprint density at radius 1 is 1.22 bits per heavy atom. The lowest BCUT2D eigenvalue weighted by molar-refractivity contribution is 0.102. The zero-order chi connectivity index (χ0) is 19.0. The van der Waals surface area contributed by atoms with Crippen LogP contribution in [-0.4, -0.2) is 20.9 Å². The summed E-state index contributed by atoms with van der Waals surface area (Å²) in [6, 6.07) is 10.1. The largest absolute Gasteiger partial charge is 0.311 e. The molecule has 1 aliphatic carbocycles. The maximum atomic E-state index is 12.8. The van der Waals surface area contributed by atoms with Crippen molar-refractivity contribution in [2.45, 2.75) is 39.5 Å². The molecule has 1 aliphatic rings. The van der Waals surface area contributed by atoms with Crippen LogP contribution in [0, 0.1) is 25.2 Å². The lowest BCUT2D eigenvalue weighted by atomic mass is 9.96. The summed E-state index contributed by atoms with van der Waals surface area (Å²) in [5.41, 5.74) is 4.65. The van der Waals surface area contributed by atoms with Crippen LogP contribution in [0.1, 0.15) is 50.6 Å². The highest BCUT2D eigenvalue weighted by atomic mass is 32.1. The number of aromatic nitrogens is 3. The van der Waals surface area contributed by atoms with Gasteiger partial charge < -0.3 is 5.32 Å². The predicted molar refractivity (Wildman–Crippen MR) is 104 cm³/mol. The number of hydrogen-bond acceptors (Lipinski definition) is 5. The fourth-order valence-corrected chi connectivity index (χ4v) is 4.64. The third kappa shape index (κ3) is 3.13. The van der Waals surface area contributed by atoms with E-state index < -0.39 is 0 Å². The van der Waals surface area contributed by atoms with Crippen molar-refractivity contribution in [3.63, 3.8) is 0 Å². The van der Waals surface area contributed by atoms with Gasteiger partial charge in [-0.1, -0.05) is 22.9 Å². The molecule has 1 amide bonds. The highest BCUT2D eigenvalue weighted by molar-refractivity contribution is 7.16. The van der Waals surface area contributed by atoms with Crippen LogP contribution in [0.4, 0.5) is 5.00 Å². The summed E-state index contributed by atoms with van der Waals surface area (Å²) in [6.07, 6.45) is 4.12. The first-order valence-corrected chi connectivity index (χ1v) is 9.75. The van der Waals surface area contributed by atoms with E-state index in [2.05, 4.69) is 21.7 Å². The van der Waals surface area contributed by atoms with Gasteiger partial charge in [0.15, 0.2) is 5.69 Å². The van der Waals surface area contributed by atoms with Crippen molar-refractivity contribution < 1.29 is 4.79 Å². The van der Waals surface area contributed by atoms with Gasteiger partial charge in [0.25, 0.3) is 5.91 Å². The van der Waals surface area contributed by atoms with Crippen molar-refractivity contribution in [3.05, 3.63) is 57.2 Å². The second-order valence-electron chi connectivity index (χ2n) is 6.75. The first kappa shape index (κ1) is 17.4. The minimum Gasteiger partial charge on any atom is -0.311 e. The van der Waals surface area contributed by atoms with Crippen molar-refractivity contribution in [1.29, 1.82) is 5.26 Å². The van der Waals surface area contributed by atoms with Gasteiger partial charge in [0.05, 0.1) is 16.9 Å². The predicted octanol–water partition coefficient (Wildman–Crippen LogP) is 3.95. The highest BCUT2D eigenvalue weighted by Gasteiger charge is 2.24. The maximum Gasteiger partial charge on any atom is 0.278 e. The number of carbonyl (C=O) groups excluding carboxylic acids is 1. The summed E-state index contributed by atoms with van der Waals surface area (Å²) in [5, 5.41) is 21.3. The molecule has 3 aromatic rings. The Bertz CT molecular complexity index is 1060. The number of aryl methyl sites for hydroxylation is 2. The molecule has 4 rings (SSSR count). The van der Waals surface area contributed by atoms with E-state index >= 15 is 0 Å². The molecule has 1 aromatic carbocycles. The van der Waals surface area contributed by atoms with Crippen LogP contribution in [0.15, 0.2) is 24.3 Å². The lowest BCUT2D eigenvalue weighted by Gasteiger charge is -2.09. The maximum absolute atomic E-state index is 12.8. The molecular weight excluding hydrogens is 358 g/mol. The third-order valence-corrected chi connectivity index (χ3v) is 6.11. The van der Waals surface area contributed by atoms with Crippen LogP contribution in [0.5, 0.6) is 0 Å². The molecule has 0 unspecified atom stereocenters. The van der Waals surface area contributed by atoms with Gasteiger partial charge in [-0.3, -0.25) is 4.79 Å². The quantitative estimate of drug-likeness (QED) is 0.749. The van der Waals surface area contributed by atoms with Crippen LogP contribution in [-0.2, 0) is 12.8 Å². The number of nitrogens with zero attached hydrogens (tertiary/aromatic N) is 4. The summed E-state index contributed by atoms with van der Waals surface area (Å²) in [6.45, 7) is 3.84. The summed E-state index contributed by atoms with van der Waals surface area (Å²) in [5.74, 6) is -0.332. The molecule has 0 saturated carbocycles. The van der Waals surface area contributed by atoms with Crippen LogP contribution < -0.4 is 5.32 Å². The minimum atomic E-state index is -0.332. The summed E-state index contributed by atoms with van der Waals surface area (Å²) < 4.78 is 1.65. The standard InChI is InChI=1S/C20H19N5OS/c1-12-7-9-14(10-8-12)25-13(2)18(23-24-25)19(26)22-20-16(11-21)15-5-3-4-6-17(15)27-20/h7-10H,3-6H2,1-2H3,(H,22,26). The average molecular weight is 377 g/mol. The number of rotatable bonds is 3. The van der Waals surface area contributed by atoms with E-state index in [9.17, 15) is 10.1 Å². The van der Waals surface area contributed by atoms with Gasteiger partial charge >= 0.3 is 0 Å². The second kappa shape index (κ2) is 6.97. The van der Waals surface area contributed by atoms with Crippen molar-refractivity contribution in [2.75, 3.05) is 5.32 Å². The van der Waals surface area contributed by atoms with Gasteiger partial charge in [-0.2, -0.15) is 5.26 Å². The zero-order valence-electron chi connectivity index (χ0n) is 15.2. The topological polar surface area (TPSA) is 83.6 Å². The fraction of sp³-hybridized carbons (Fsp3) is 0.300. The van der Waals surface area contributed by atoms with E-state index in [0.29, 0.717) is 16.3 Å². The monoisotopic (exact) mass is 377 g/mol. The molecule has 6 nitrogen and oxygen atoms in total. The van der Waals surface area contributed by atoms with Gasteiger partial charge in [-0.15, -0.1) is 16.4 Å². The SMILES string of the molecule is Cc1ccc(-n2nnc(C(=O)Nc3sc4c(c3C#N)CCCC4)c2C)cc1. The van der Waals surface area contributed by atoms with E-state index in [1.807, 2.05) is 38.1 Å². The molecule has 0 bridgehead atoms. The van der Waals surface area contributed by atoms with Gasteiger partial charge in [0, 0.05) is 4.88 Å². The molecule has 0 radical (unpaired) electrons. The molecule has 0 spiro atoms. The molecule has 2 aromatic heterocycles. The summed E-state index contributed by atoms with van der Waals surface area (Å²) >= 11 is 1.51. The number of anilines is 1. The first-order chi connectivity index (χ1) is 13.1. The van der Waals surface area contributed by atoms with E-state index in [4.69, 9.17) is 0 Å². The Morgan fingerprint density at radius 3 is 2.70 bits per heavy atom. The second-order valence-corrected chi connectivity index (χ2v) is 7.86. The van der Waals surface area contributed by atoms with E-state index in [0.717, 1.165) is 42.5 Å². The fourth-order valence-electron chi connectivity index (χ4n) is 3.40. The van der Waals surface area contributed by atoms with Gasteiger partial charge in [0.1, 0.15) is 11.1 Å². The Hall–Kier alpha value is -2.98. The Balaban J connectivity index is 1.62. The van der Waals surface area contributed by atoms with Gasteiger partial charge in [-0.25, -0.2) is 4.68 Å². The lowest BCUT2D eigenvalue weighted by Crippen LogP contribution is -2.14. The van der Waals surface area contributed by atoms with Crippen LogP contribution in [0.25, 0.3) is 5.69 Å². The first-order valence-electron chi connectivity index (χ1n) is 8.94. The number of amides is 1. The molecule has 0 atom stereocenters. The molecule has 0 aliphatic heterocycles. The highest BCUT2D eigenvalue weighted by Crippen LogP contribution is 2.37. The van der Waals surface area contributed by atoms with Crippen LogP contribution >= 0.6 is 11.3 Å². The normalized spacial score (nSPS) is 13.1. The minimum absolute atomic E-state index is 0.269. The molecule has 1 N–H and O–H groups in total. The van der Waals surface area contributed by atoms with E-state index in [1.54, 1.807) is 4.68 Å². The summed E-state index contributed by atoms with van der Waals surface area (Å²) in [7, 11) is 0. The Labute approximate surface area is 161 Å². The van der Waals surface area contributed by atoms with Crippen molar-refractivity contribution in [2.24, 2.45) is 0 Å². The number of nitrogens with one attached hydrogen (secondary N) is 1. The van der Waals surface area contributed by atoms with Crippen molar-refractivity contribution >= 4 is 22.2 Å². The van der Waals surface area contributed by atoms with Gasteiger partial charge in [0.2, 0.25) is 0 Å². The van der Waals surface area contributed by atoms with E-state index in [1.165, 1.54) is 16.2 Å². The van der Waals surface area contributed by atoms with E-state index in [-0.39, 0.29) is 11.6 Å². The smallest absolute Gasteiger partial charge is 0.278 e. The Kier molecular flexibility index (Phi) is 4.50. The van der Waals surface area contributed by atoms with Crippen molar-refractivity contribution in [1.82, 2.24) is 15.0 Å². The van der Waals surface area contributed by atoms with Crippen molar-refractivity contribution in [3.8, 4) is 11.8 Å². The third-order valence-electron chi connectivity index (χ3n) is 4.90.